The SMILES string of the molecule is COc1ccc(N)cc1CSc1cnn(C)c1. The number of nitrogen functional groups attached to an aromatic ring is 1. The summed E-state index contributed by atoms with van der Waals surface area (Å²) in [4.78, 5) is 1.14. The Hall–Kier alpha value is -1.62. The van der Waals surface area contributed by atoms with E-state index in [1.165, 1.54) is 0 Å². The maximum Gasteiger partial charge on any atom is 0.123 e. The number of rotatable bonds is 4. The molecule has 0 saturated carbocycles. The first kappa shape index (κ1) is 11.9. The molecule has 0 aliphatic rings. The molecule has 0 fully saturated rings. The summed E-state index contributed by atoms with van der Waals surface area (Å²) in [6.07, 6.45) is 3.84. The smallest absolute Gasteiger partial charge is 0.123 e. The number of thioether (sulfide) groups is 1. The Morgan fingerprint density at radius 2 is 2.29 bits per heavy atom. The molecule has 0 saturated heterocycles. The second-order valence-electron chi connectivity index (χ2n) is 3.71. The molecule has 4 nitrogen and oxygen atoms in total. The molecule has 2 N–H and O–H groups in total. The van der Waals surface area contributed by atoms with Gasteiger partial charge >= 0.3 is 0 Å². The van der Waals surface area contributed by atoms with E-state index in [1.54, 1.807) is 23.6 Å². The van der Waals surface area contributed by atoms with E-state index in [2.05, 4.69) is 5.10 Å². The van der Waals surface area contributed by atoms with Crippen molar-refractivity contribution in [2.75, 3.05) is 12.8 Å². The molecule has 2 rings (SSSR count). The van der Waals surface area contributed by atoms with Crippen molar-refractivity contribution in [1.82, 2.24) is 9.78 Å². The lowest BCUT2D eigenvalue weighted by molar-refractivity contribution is 0.411. The molecular formula is C12H15N3OS. The third-order valence-electron chi connectivity index (χ3n) is 2.38. The summed E-state index contributed by atoms with van der Waals surface area (Å²) in [5, 5.41) is 4.13. The minimum atomic E-state index is 0.757. The lowest BCUT2D eigenvalue weighted by Crippen LogP contribution is -1.93. The first-order valence-corrected chi connectivity index (χ1v) is 6.21. The highest BCUT2D eigenvalue weighted by Gasteiger charge is 2.05. The molecule has 1 heterocycles. The highest BCUT2D eigenvalue weighted by Crippen LogP contribution is 2.28. The Kier molecular flexibility index (Phi) is 3.58. The molecule has 1 aromatic carbocycles. The maximum atomic E-state index is 5.77. The number of methoxy groups -OCH3 is 1. The molecule has 90 valence electrons. The fourth-order valence-electron chi connectivity index (χ4n) is 1.55. The van der Waals surface area contributed by atoms with Crippen LogP contribution in [-0.2, 0) is 12.8 Å². The van der Waals surface area contributed by atoms with Crippen LogP contribution >= 0.6 is 11.8 Å². The zero-order valence-electron chi connectivity index (χ0n) is 9.88. The summed E-state index contributed by atoms with van der Waals surface area (Å²) in [5.41, 5.74) is 7.63. The van der Waals surface area contributed by atoms with Crippen molar-refractivity contribution < 1.29 is 4.74 Å². The van der Waals surface area contributed by atoms with Crippen LogP contribution in [0.5, 0.6) is 5.75 Å². The Morgan fingerprint density at radius 1 is 1.47 bits per heavy atom. The van der Waals surface area contributed by atoms with Crippen molar-refractivity contribution in [2.24, 2.45) is 7.05 Å². The van der Waals surface area contributed by atoms with Gasteiger partial charge in [0.1, 0.15) is 5.75 Å². The van der Waals surface area contributed by atoms with Gasteiger partial charge in [0.2, 0.25) is 0 Å². The van der Waals surface area contributed by atoms with E-state index in [4.69, 9.17) is 10.5 Å². The fourth-order valence-corrected chi connectivity index (χ4v) is 2.44. The summed E-state index contributed by atoms with van der Waals surface area (Å²) >= 11 is 1.71. The predicted molar refractivity (Wildman–Crippen MR) is 70.2 cm³/mol. The second kappa shape index (κ2) is 5.14. The molecule has 0 atom stereocenters. The monoisotopic (exact) mass is 249 g/mol. The number of anilines is 1. The van der Waals surface area contributed by atoms with E-state index in [0.717, 1.165) is 27.6 Å². The minimum Gasteiger partial charge on any atom is -0.496 e. The van der Waals surface area contributed by atoms with Crippen LogP contribution < -0.4 is 10.5 Å². The van der Waals surface area contributed by atoms with Crippen molar-refractivity contribution in [1.29, 1.82) is 0 Å². The van der Waals surface area contributed by atoms with Crippen molar-refractivity contribution in [3.05, 3.63) is 36.2 Å². The average molecular weight is 249 g/mol. The number of benzene rings is 1. The van der Waals surface area contributed by atoms with Gasteiger partial charge in [0.05, 0.1) is 13.3 Å². The first-order chi connectivity index (χ1) is 8.19. The van der Waals surface area contributed by atoms with Gasteiger partial charge in [-0.15, -0.1) is 11.8 Å². The van der Waals surface area contributed by atoms with E-state index >= 15 is 0 Å². The lowest BCUT2D eigenvalue weighted by Gasteiger charge is -2.08. The van der Waals surface area contributed by atoms with Gasteiger partial charge in [-0.25, -0.2) is 0 Å². The second-order valence-corrected chi connectivity index (χ2v) is 4.76. The van der Waals surface area contributed by atoms with Gasteiger partial charge in [0.25, 0.3) is 0 Å². The van der Waals surface area contributed by atoms with Crippen LogP contribution in [0, 0.1) is 0 Å². The van der Waals surface area contributed by atoms with Crippen molar-refractivity contribution in [3.8, 4) is 5.75 Å². The molecule has 1 aromatic heterocycles. The normalized spacial score (nSPS) is 10.5. The van der Waals surface area contributed by atoms with Gasteiger partial charge in [0.15, 0.2) is 0 Å². The average Bonchev–Trinajstić information content (AvgIpc) is 2.73. The molecule has 5 heteroatoms. The van der Waals surface area contributed by atoms with Crippen LogP contribution in [0.25, 0.3) is 0 Å². The lowest BCUT2D eigenvalue weighted by atomic mass is 10.2. The zero-order valence-corrected chi connectivity index (χ0v) is 10.7. The molecule has 0 amide bonds. The number of ether oxygens (including phenoxy) is 1. The molecule has 17 heavy (non-hydrogen) atoms. The minimum absolute atomic E-state index is 0.757. The van der Waals surface area contributed by atoms with Gasteiger partial charge in [-0.3, -0.25) is 4.68 Å². The summed E-state index contributed by atoms with van der Waals surface area (Å²) in [7, 11) is 3.58. The standard InChI is InChI=1S/C12H15N3OS/c1-15-7-11(6-14-15)17-8-9-5-10(13)3-4-12(9)16-2/h3-7H,8,13H2,1-2H3. The van der Waals surface area contributed by atoms with E-state index < -0.39 is 0 Å². The number of nitrogens with zero attached hydrogens (tertiary/aromatic N) is 2. The molecule has 0 aliphatic heterocycles. The molecule has 0 aliphatic carbocycles. The van der Waals surface area contributed by atoms with Crippen molar-refractivity contribution in [2.45, 2.75) is 10.6 Å². The number of aryl methyl sites for hydroxylation is 1. The Labute approximate surface area is 105 Å². The summed E-state index contributed by atoms with van der Waals surface area (Å²) in [5.74, 6) is 1.69. The maximum absolute atomic E-state index is 5.77. The largest absolute Gasteiger partial charge is 0.496 e. The van der Waals surface area contributed by atoms with E-state index in [9.17, 15) is 0 Å². The molecule has 0 radical (unpaired) electrons. The van der Waals surface area contributed by atoms with Gasteiger partial charge in [-0.1, -0.05) is 0 Å². The highest BCUT2D eigenvalue weighted by molar-refractivity contribution is 7.98. The Morgan fingerprint density at radius 3 is 2.94 bits per heavy atom. The zero-order chi connectivity index (χ0) is 12.3. The summed E-state index contributed by atoms with van der Waals surface area (Å²) in [6.45, 7) is 0. The van der Waals surface area contributed by atoms with Crippen molar-refractivity contribution >= 4 is 17.4 Å². The number of hydrogen-bond acceptors (Lipinski definition) is 4. The number of nitrogens with two attached hydrogens (primary N) is 1. The fraction of sp³-hybridized carbons (Fsp3) is 0.250. The molecule has 2 aromatic rings. The van der Waals surface area contributed by atoms with Crippen LogP contribution in [-0.4, -0.2) is 16.9 Å². The molecule has 0 spiro atoms. The quantitative estimate of drug-likeness (QED) is 0.667. The van der Waals surface area contributed by atoms with Crippen LogP contribution in [0.4, 0.5) is 5.69 Å². The summed E-state index contributed by atoms with van der Waals surface area (Å²) < 4.78 is 7.09. The highest BCUT2D eigenvalue weighted by atomic mass is 32.2. The molecule has 0 unspecified atom stereocenters. The van der Waals surface area contributed by atoms with Crippen LogP contribution in [0.1, 0.15) is 5.56 Å². The topological polar surface area (TPSA) is 53.1 Å². The third-order valence-corrected chi connectivity index (χ3v) is 3.38. The van der Waals surface area contributed by atoms with E-state index in [0.29, 0.717) is 0 Å². The van der Waals surface area contributed by atoms with E-state index in [1.807, 2.05) is 37.6 Å². The first-order valence-electron chi connectivity index (χ1n) is 5.23. The summed E-state index contributed by atoms with van der Waals surface area (Å²) in [6, 6.07) is 5.69. The Bertz CT molecular complexity index is 510. The van der Waals surface area contributed by atoms with Gasteiger partial charge in [-0.2, -0.15) is 5.10 Å². The van der Waals surface area contributed by atoms with Crippen LogP contribution in [0.15, 0.2) is 35.5 Å². The Balaban J connectivity index is 2.10. The van der Waals surface area contributed by atoms with Crippen LogP contribution in [0.3, 0.4) is 0 Å². The van der Waals surface area contributed by atoms with Gasteiger partial charge < -0.3 is 10.5 Å². The third kappa shape index (κ3) is 2.94. The molecular weight excluding hydrogens is 234 g/mol. The predicted octanol–water partition coefficient (Wildman–Crippen LogP) is 2.30. The van der Waals surface area contributed by atoms with Crippen LogP contribution in [0.2, 0.25) is 0 Å². The van der Waals surface area contributed by atoms with Gasteiger partial charge in [0, 0.05) is 35.1 Å². The number of hydrogen-bond donors (Lipinski definition) is 1. The number of aromatic nitrogens is 2. The van der Waals surface area contributed by atoms with Gasteiger partial charge in [-0.05, 0) is 18.2 Å². The molecule has 0 bridgehead atoms. The van der Waals surface area contributed by atoms with Crippen molar-refractivity contribution in [3.63, 3.8) is 0 Å². The van der Waals surface area contributed by atoms with E-state index in [-0.39, 0.29) is 0 Å².